The quantitative estimate of drug-likeness (QED) is 0.261. The maximum atomic E-state index is 12.0. The Morgan fingerprint density at radius 1 is 1.55 bits per heavy atom. The van der Waals surface area contributed by atoms with E-state index in [-0.39, 0.29) is 12.2 Å². The van der Waals surface area contributed by atoms with Gasteiger partial charge in [0.1, 0.15) is 12.2 Å². The van der Waals surface area contributed by atoms with Crippen molar-refractivity contribution in [3.63, 3.8) is 0 Å². The average Bonchev–Trinajstić information content (AvgIpc) is 3.13. The fourth-order valence-corrected chi connectivity index (χ4v) is 2.34. The van der Waals surface area contributed by atoms with Crippen molar-refractivity contribution in [1.82, 2.24) is 5.32 Å². The molecule has 7 nitrogen and oxygen atoms in total. The minimum absolute atomic E-state index is 0.0752. The van der Waals surface area contributed by atoms with Gasteiger partial charge in [-0.25, -0.2) is 0 Å². The summed E-state index contributed by atoms with van der Waals surface area (Å²) in [5, 5.41) is 31.0. The van der Waals surface area contributed by atoms with E-state index in [1.165, 1.54) is 6.08 Å². The van der Waals surface area contributed by atoms with Gasteiger partial charge in [-0.05, 0) is 18.6 Å². The summed E-state index contributed by atoms with van der Waals surface area (Å²) in [7, 11) is 0. The first-order valence-electron chi connectivity index (χ1n) is 6.65. The van der Waals surface area contributed by atoms with Gasteiger partial charge >= 0.3 is 0 Å². The molecule has 5 atom stereocenters. The monoisotopic (exact) mass is 285 g/mol. The molecule has 2 aliphatic rings. The van der Waals surface area contributed by atoms with Crippen molar-refractivity contribution in [3.8, 4) is 0 Å². The van der Waals surface area contributed by atoms with Gasteiger partial charge in [-0.2, -0.15) is 0 Å². The van der Waals surface area contributed by atoms with Gasteiger partial charge in [0.05, 0.1) is 18.8 Å². The molecule has 2 rings (SSSR count). The van der Waals surface area contributed by atoms with Crippen LogP contribution in [0.3, 0.4) is 0 Å². The van der Waals surface area contributed by atoms with E-state index in [0.717, 1.165) is 18.9 Å². The lowest BCUT2D eigenvalue weighted by Crippen LogP contribution is -2.52. The number of aliphatic hydroxyl groups excluding tert-OH is 2. The third kappa shape index (κ3) is 2.49. The molecule has 4 N–H and O–H groups in total. The Morgan fingerprint density at radius 2 is 2.25 bits per heavy atom. The first-order chi connectivity index (χ1) is 9.44. The zero-order chi connectivity index (χ0) is 14.9. The van der Waals surface area contributed by atoms with E-state index in [9.17, 15) is 19.8 Å². The molecule has 20 heavy (non-hydrogen) atoms. The van der Waals surface area contributed by atoms with Crippen molar-refractivity contribution in [2.45, 2.75) is 49.7 Å². The Morgan fingerprint density at radius 3 is 2.80 bits per heavy atom. The van der Waals surface area contributed by atoms with Gasteiger partial charge in [-0.1, -0.05) is 13.3 Å². The Hall–Kier alpha value is -1.28. The van der Waals surface area contributed by atoms with E-state index >= 15 is 0 Å². The van der Waals surface area contributed by atoms with Gasteiger partial charge in [0, 0.05) is 0 Å². The average molecular weight is 285 g/mol. The van der Waals surface area contributed by atoms with Crippen LogP contribution in [0.2, 0.25) is 0 Å². The van der Waals surface area contributed by atoms with Crippen LogP contribution < -0.4 is 5.32 Å². The molecule has 2 fully saturated rings. The maximum Gasteiger partial charge on any atom is 0.263 e. The number of ether oxygens (including phenoxy) is 1. The molecule has 2 aliphatic heterocycles. The summed E-state index contributed by atoms with van der Waals surface area (Å²) in [6.07, 6.45) is 2.60. The third-order valence-electron chi connectivity index (χ3n) is 3.68. The highest BCUT2D eigenvalue weighted by atomic mass is 16.6. The van der Waals surface area contributed by atoms with Crippen molar-refractivity contribution < 1.29 is 29.6 Å². The molecule has 0 radical (unpaired) electrons. The van der Waals surface area contributed by atoms with Gasteiger partial charge in [0.25, 0.3) is 5.91 Å². The summed E-state index contributed by atoms with van der Waals surface area (Å²) in [5.74, 6) is -1.91. The molecule has 0 spiro atoms. The summed E-state index contributed by atoms with van der Waals surface area (Å²) in [5.41, 5.74) is -2.54. The van der Waals surface area contributed by atoms with Crippen LogP contribution in [0.15, 0.2) is 12.2 Å². The van der Waals surface area contributed by atoms with Gasteiger partial charge in [0.15, 0.2) is 5.78 Å². The number of ketones is 1. The third-order valence-corrected chi connectivity index (χ3v) is 3.68. The number of nitrogens with one attached hydrogen (secondary N) is 1. The van der Waals surface area contributed by atoms with Crippen LogP contribution in [-0.2, 0) is 14.3 Å². The highest BCUT2D eigenvalue weighted by Gasteiger charge is 2.58. The van der Waals surface area contributed by atoms with E-state index in [0.29, 0.717) is 0 Å². The molecule has 1 amide bonds. The number of epoxide rings is 1. The van der Waals surface area contributed by atoms with Crippen molar-refractivity contribution in [2.24, 2.45) is 0 Å². The lowest BCUT2D eigenvalue weighted by atomic mass is 9.91. The van der Waals surface area contributed by atoms with Crippen LogP contribution in [0.4, 0.5) is 0 Å². The first kappa shape index (κ1) is 15.1. The van der Waals surface area contributed by atoms with Crippen LogP contribution in [0, 0.1) is 0 Å². The van der Waals surface area contributed by atoms with Crippen molar-refractivity contribution in [1.29, 1.82) is 0 Å². The highest BCUT2D eigenvalue weighted by Crippen LogP contribution is 2.28. The highest BCUT2D eigenvalue weighted by molar-refractivity contribution is 6.16. The first-order valence-corrected chi connectivity index (χ1v) is 6.65. The smallest absolute Gasteiger partial charge is 0.263 e. The second-order valence-electron chi connectivity index (χ2n) is 5.12. The number of carbonyl (C=O) groups excluding carboxylic acids is 2. The van der Waals surface area contributed by atoms with Crippen LogP contribution in [0.25, 0.3) is 0 Å². The van der Waals surface area contributed by atoms with Crippen LogP contribution in [0.5, 0.6) is 0 Å². The number of aliphatic hydroxyl groups is 3. The molecule has 2 heterocycles. The number of carbonyl (C=O) groups is 2. The zero-order valence-corrected chi connectivity index (χ0v) is 11.2. The molecule has 0 aromatic carbocycles. The Bertz CT molecular complexity index is 437. The van der Waals surface area contributed by atoms with E-state index in [2.05, 4.69) is 5.32 Å². The van der Waals surface area contributed by atoms with E-state index in [1.807, 2.05) is 6.92 Å². The number of hydrogen-bond donors (Lipinski definition) is 4. The molecule has 112 valence electrons. The van der Waals surface area contributed by atoms with Gasteiger partial charge in [0.2, 0.25) is 5.60 Å². The second-order valence-corrected chi connectivity index (χ2v) is 5.12. The molecule has 0 aliphatic carbocycles. The van der Waals surface area contributed by atoms with Gasteiger partial charge in [-0.15, -0.1) is 0 Å². The molecule has 0 aromatic heterocycles. The fraction of sp³-hybridized carbons (Fsp3) is 0.692. The second kappa shape index (κ2) is 5.61. The Labute approximate surface area is 116 Å². The summed E-state index contributed by atoms with van der Waals surface area (Å²) < 4.78 is 5.28. The normalized spacial score (nSPS) is 40.1. The predicted octanol–water partition coefficient (Wildman–Crippen LogP) is -1.74. The summed E-state index contributed by atoms with van der Waals surface area (Å²) in [4.78, 5) is 23.6. The van der Waals surface area contributed by atoms with Crippen LogP contribution in [-0.4, -0.2) is 63.6 Å². The Balaban J connectivity index is 2.01. The lowest BCUT2D eigenvalue weighted by molar-refractivity contribution is -0.154. The van der Waals surface area contributed by atoms with E-state index in [1.54, 1.807) is 0 Å². The zero-order valence-electron chi connectivity index (χ0n) is 11.2. The SMILES string of the molecule is CCCC1O[C@@H]1/C=C/C(=O)[C@]1(O)C(=O)NC(CO)[C@@H]1O. The minimum Gasteiger partial charge on any atom is -0.394 e. The molecule has 0 saturated carbocycles. The summed E-state index contributed by atoms with van der Waals surface area (Å²) >= 11 is 0. The molecule has 7 heteroatoms. The predicted molar refractivity (Wildman–Crippen MR) is 67.7 cm³/mol. The van der Waals surface area contributed by atoms with Gasteiger partial charge < -0.3 is 25.4 Å². The maximum absolute atomic E-state index is 12.0. The topological polar surface area (TPSA) is 119 Å². The molecule has 0 aromatic rings. The fourth-order valence-electron chi connectivity index (χ4n) is 2.34. The van der Waals surface area contributed by atoms with Crippen molar-refractivity contribution >= 4 is 11.7 Å². The molecular formula is C13H19NO6. The standard InChI is InChI=1S/C13H19NO6/c1-2-3-8-9(20-8)4-5-10(16)13(19)11(17)7(6-15)14-12(13)18/h4-5,7-9,11,15,17,19H,2-3,6H2,1H3,(H,14,18)/b5-4+/t7?,8?,9-,11+,13-/m1/s1. The molecule has 2 unspecified atom stereocenters. The van der Waals surface area contributed by atoms with Crippen molar-refractivity contribution in [2.75, 3.05) is 6.61 Å². The number of rotatable bonds is 6. The van der Waals surface area contributed by atoms with E-state index in [4.69, 9.17) is 9.84 Å². The number of hydrogen-bond acceptors (Lipinski definition) is 6. The lowest BCUT2D eigenvalue weighted by Gasteiger charge is -2.21. The number of amides is 1. The van der Waals surface area contributed by atoms with Crippen molar-refractivity contribution in [3.05, 3.63) is 12.2 Å². The largest absolute Gasteiger partial charge is 0.394 e. The summed E-state index contributed by atoms with van der Waals surface area (Å²) in [6.45, 7) is 1.46. The van der Waals surface area contributed by atoms with E-state index < -0.39 is 36.0 Å². The van der Waals surface area contributed by atoms with Crippen LogP contribution in [0.1, 0.15) is 19.8 Å². The molecular weight excluding hydrogens is 266 g/mol. The Kier molecular flexibility index (Phi) is 4.24. The van der Waals surface area contributed by atoms with Gasteiger partial charge in [-0.3, -0.25) is 9.59 Å². The van der Waals surface area contributed by atoms with Crippen LogP contribution >= 0.6 is 0 Å². The molecule has 0 bridgehead atoms. The summed E-state index contributed by atoms with van der Waals surface area (Å²) in [6, 6.07) is -1.05. The molecule has 2 saturated heterocycles. The minimum atomic E-state index is -2.54.